The maximum Gasteiger partial charge on any atom is 0.213 e. The van der Waals surface area contributed by atoms with Gasteiger partial charge in [0.15, 0.2) is 0 Å². The number of pyridine rings is 1. The molecule has 2 aliphatic carbocycles. The van der Waals surface area contributed by atoms with Gasteiger partial charge in [-0.25, -0.2) is 8.42 Å². The molecule has 142 valence electrons. The Hall–Kier alpha value is -2.83. The van der Waals surface area contributed by atoms with Gasteiger partial charge in [0.1, 0.15) is 11.2 Å². The minimum Gasteiger partial charge on any atom is -0.287 e. The predicted octanol–water partition coefficient (Wildman–Crippen LogP) is 1.36. The Labute approximate surface area is 162 Å². The number of Topliss-reactive ketones (excluding diaryl/α,β-unsaturated/α-hetero) is 1. The quantitative estimate of drug-likeness (QED) is 0.773. The number of rotatable bonds is 4. The fourth-order valence-corrected chi connectivity index (χ4v) is 5.64. The highest BCUT2D eigenvalue weighted by atomic mass is 32.2. The number of nitrogens with zero attached hydrogens (tertiary/aromatic N) is 5. The Bertz CT molecular complexity index is 1210. The highest BCUT2D eigenvalue weighted by Crippen LogP contribution is 2.46. The second-order valence-electron chi connectivity index (χ2n) is 7.38. The summed E-state index contributed by atoms with van der Waals surface area (Å²) in [7, 11) is -3.35. The van der Waals surface area contributed by atoms with Crippen molar-refractivity contribution in [2.75, 3.05) is 18.8 Å². The Morgan fingerprint density at radius 2 is 2.11 bits per heavy atom. The summed E-state index contributed by atoms with van der Waals surface area (Å²) in [6.45, 7) is 1.88. The number of nitriles is 1. The van der Waals surface area contributed by atoms with E-state index in [2.05, 4.69) is 16.2 Å². The van der Waals surface area contributed by atoms with Crippen molar-refractivity contribution >= 4 is 21.4 Å². The molecule has 8 nitrogen and oxygen atoms in total. The number of sulfonamides is 1. The summed E-state index contributed by atoms with van der Waals surface area (Å²) < 4.78 is 27.3. The number of carbonyl (C=O) groups is 1. The minimum absolute atomic E-state index is 0.00180. The molecule has 2 aromatic heterocycles. The van der Waals surface area contributed by atoms with Crippen LogP contribution in [0.2, 0.25) is 0 Å². The molecular formula is C19H17N5O3S. The first-order chi connectivity index (χ1) is 13.4. The molecule has 9 heteroatoms. The van der Waals surface area contributed by atoms with Gasteiger partial charge >= 0.3 is 0 Å². The zero-order valence-electron chi connectivity index (χ0n) is 15.2. The molecule has 3 heterocycles. The molecule has 0 amide bonds. The van der Waals surface area contributed by atoms with E-state index in [0.29, 0.717) is 17.7 Å². The molecule has 0 aromatic carbocycles. The van der Waals surface area contributed by atoms with Crippen LogP contribution in [0.15, 0.2) is 24.5 Å². The van der Waals surface area contributed by atoms with Crippen LogP contribution in [0.1, 0.15) is 35.1 Å². The Morgan fingerprint density at radius 1 is 1.32 bits per heavy atom. The molecule has 3 aliphatic rings. The molecular weight excluding hydrogens is 378 g/mol. The van der Waals surface area contributed by atoms with Crippen molar-refractivity contribution in [2.45, 2.75) is 25.3 Å². The van der Waals surface area contributed by atoms with Crippen LogP contribution in [-0.2, 0) is 22.0 Å². The van der Waals surface area contributed by atoms with E-state index in [1.165, 1.54) is 4.31 Å². The van der Waals surface area contributed by atoms with Crippen LogP contribution < -0.4 is 0 Å². The van der Waals surface area contributed by atoms with E-state index in [0.717, 1.165) is 22.4 Å². The summed E-state index contributed by atoms with van der Waals surface area (Å²) in [5, 5.41) is 13.8. The van der Waals surface area contributed by atoms with Gasteiger partial charge in [0, 0.05) is 42.4 Å². The summed E-state index contributed by atoms with van der Waals surface area (Å²) in [6, 6.07) is 4.02. The van der Waals surface area contributed by atoms with Crippen molar-refractivity contribution in [1.82, 2.24) is 19.1 Å². The maximum absolute atomic E-state index is 13.3. The smallest absolute Gasteiger partial charge is 0.213 e. The van der Waals surface area contributed by atoms with Gasteiger partial charge in [0.05, 0.1) is 30.1 Å². The zero-order valence-corrected chi connectivity index (χ0v) is 16.0. The van der Waals surface area contributed by atoms with Gasteiger partial charge in [0.2, 0.25) is 15.8 Å². The van der Waals surface area contributed by atoms with Crippen molar-refractivity contribution in [3.8, 4) is 17.2 Å². The summed E-state index contributed by atoms with van der Waals surface area (Å²) in [5.41, 5.74) is 3.62. The topological polar surface area (TPSA) is 109 Å². The van der Waals surface area contributed by atoms with Gasteiger partial charge < -0.3 is 0 Å². The molecule has 0 spiro atoms. The third-order valence-corrected chi connectivity index (χ3v) is 7.65. The Balaban J connectivity index is 1.65. The van der Waals surface area contributed by atoms with Gasteiger partial charge in [-0.3, -0.25) is 14.5 Å². The summed E-state index contributed by atoms with van der Waals surface area (Å²) >= 11 is 0. The van der Waals surface area contributed by atoms with Crippen LogP contribution in [0.4, 0.5) is 0 Å². The molecule has 1 fully saturated rings. The van der Waals surface area contributed by atoms with E-state index < -0.39 is 15.6 Å². The van der Waals surface area contributed by atoms with Crippen LogP contribution >= 0.6 is 0 Å². The molecule has 1 aliphatic heterocycles. The predicted molar refractivity (Wildman–Crippen MR) is 101 cm³/mol. The van der Waals surface area contributed by atoms with E-state index >= 15 is 0 Å². The monoisotopic (exact) mass is 395 g/mol. The van der Waals surface area contributed by atoms with Crippen LogP contribution in [0.3, 0.4) is 0 Å². The molecule has 0 N–H and O–H groups in total. The second kappa shape index (κ2) is 5.59. The lowest BCUT2D eigenvalue weighted by atomic mass is 9.84. The van der Waals surface area contributed by atoms with Crippen LogP contribution in [0, 0.1) is 11.3 Å². The number of allylic oxidation sites excluding steroid dienone is 2. The van der Waals surface area contributed by atoms with E-state index in [-0.39, 0.29) is 31.0 Å². The standard InChI is InChI=1S/C19H17N5O3S/c1-2-28(26,27)23-10-19(11-23,6-7-20)24-17-14(9-22-24)12-5-8-21-15-4-3-13(16(12)15)18(17)25/h3,5,8-9H,2,4,6,10-11H2,1H3. The van der Waals surface area contributed by atoms with Gasteiger partial charge in [-0.2, -0.15) is 14.7 Å². The van der Waals surface area contributed by atoms with E-state index in [4.69, 9.17) is 0 Å². The molecule has 1 saturated heterocycles. The molecule has 0 atom stereocenters. The van der Waals surface area contributed by atoms with Crippen molar-refractivity contribution in [2.24, 2.45) is 0 Å². The van der Waals surface area contributed by atoms with Crippen molar-refractivity contribution in [1.29, 1.82) is 5.26 Å². The Kier molecular flexibility index (Phi) is 3.45. The van der Waals surface area contributed by atoms with Gasteiger partial charge in [-0.15, -0.1) is 0 Å². The number of ketones is 1. The summed E-state index contributed by atoms with van der Waals surface area (Å²) in [4.78, 5) is 17.6. The highest BCUT2D eigenvalue weighted by Gasteiger charge is 2.52. The number of hydrogen-bond acceptors (Lipinski definition) is 6. The fraction of sp³-hybridized carbons (Fsp3) is 0.368. The first-order valence-electron chi connectivity index (χ1n) is 9.08. The fourth-order valence-electron chi connectivity index (χ4n) is 4.40. The van der Waals surface area contributed by atoms with Crippen molar-refractivity contribution < 1.29 is 13.2 Å². The lowest BCUT2D eigenvalue weighted by Crippen LogP contribution is -2.65. The van der Waals surface area contributed by atoms with Crippen molar-refractivity contribution in [3.05, 3.63) is 41.5 Å². The Morgan fingerprint density at radius 3 is 2.82 bits per heavy atom. The van der Waals surface area contributed by atoms with Crippen LogP contribution in [0.5, 0.6) is 0 Å². The highest BCUT2D eigenvalue weighted by molar-refractivity contribution is 7.89. The number of aromatic nitrogens is 3. The third kappa shape index (κ3) is 2.07. The van der Waals surface area contributed by atoms with E-state index in [9.17, 15) is 18.5 Å². The van der Waals surface area contributed by atoms with Crippen molar-refractivity contribution in [3.63, 3.8) is 0 Å². The lowest BCUT2D eigenvalue weighted by molar-refractivity contribution is 0.0669. The van der Waals surface area contributed by atoms with Crippen LogP contribution in [-0.4, -0.2) is 52.1 Å². The van der Waals surface area contributed by atoms with Gasteiger partial charge in [0.25, 0.3) is 0 Å². The average molecular weight is 395 g/mol. The summed E-state index contributed by atoms with van der Waals surface area (Å²) in [5.74, 6) is -0.136. The third-order valence-electron chi connectivity index (χ3n) is 5.87. The SMILES string of the molecule is CCS(=O)(=O)N1CC(CC#N)(n2ncc3c2C(=O)C2=CCc4nccc-3c42)C1. The second-order valence-corrected chi connectivity index (χ2v) is 9.64. The number of hydrogen-bond donors (Lipinski definition) is 0. The number of fused-ring (bicyclic) bond motifs is 2. The van der Waals surface area contributed by atoms with Gasteiger partial charge in [-0.05, 0) is 18.6 Å². The largest absolute Gasteiger partial charge is 0.287 e. The van der Waals surface area contributed by atoms with E-state index in [1.54, 1.807) is 24.0 Å². The molecule has 0 unspecified atom stereocenters. The first-order valence-corrected chi connectivity index (χ1v) is 10.7. The summed E-state index contributed by atoms with van der Waals surface area (Å²) in [6.07, 6.45) is 5.96. The number of carbonyl (C=O) groups excluding carboxylic acids is 1. The molecule has 0 saturated carbocycles. The maximum atomic E-state index is 13.3. The lowest BCUT2D eigenvalue weighted by Gasteiger charge is -2.48. The minimum atomic E-state index is -3.35. The molecule has 0 bridgehead atoms. The van der Waals surface area contributed by atoms with Gasteiger partial charge in [-0.1, -0.05) is 6.08 Å². The van der Waals surface area contributed by atoms with Crippen LogP contribution in [0.25, 0.3) is 16.7 Å². The first kappa shape index (κ1) is 17.3. The molecule has 5 rings (SSSR count). The zero-order chi connectivity index (χ0) is 19.7. The normalized spacial score (nSPS) is 19.4. The molecule has 28 heavy (non-hydrogen) atoms. The van der Waals surface area contributed by atoms with E-state index in [1.807, 2.05) is 12.1 Å². The average Bonchev–Trinajstić information content (AvgIpc) is 3.28. The molecule has 2 aromatic rings. The molecule has 0 radical (unpaired) electrons.